The number of nitrogens with one attached hydrogen (secondary N) is 2. The van der Waals surface area contributed by atoms with Crippen molar-refractivity contribution in [3.8, 4) is 11.5 Å². The Morgan fingerprint density at radius 2 is 1.94 bits per heavy atom. The second-order valence-corrected chi connectivity index (χ2v) is 8.98. The monoisotopic (exact) mass is 465 g/mol. The Morgan fingerprint density at radius 1 is 1.12 bits per heavy atom. The molecular weight excluding hydrogens is 440 g/mol. The molecule has 0 fully saturated rings. The van der Waals surface area contributed by atoms with Crippen LogP contribution in [0.3, 0.4) is 0 Å². The van der Waals surface area contributed by atoms with Crippen LogP contribution < -0.4 is 10.6 Å². The average Bonchev–Trinajstić information content (AvgIpc) is 3.28. The number of carbonyl (C=O) groups is 1. The Kier molecular flexibility index (Phi) is 6.49. The third-order valence-electron chi connectivity index (χ3n) is 5.09. The molecule has 0 aliphatic heterocycles. The SMILES string of the molecule is CC(C)(C)CCNC(=O)c1cnccc1Nc1nc(-c2cccc(C(F)F)n2)nn2cccc12. The third kappa shape index (κ3) is 5.33. The molecule has 0 radical (unpaired) electrons. The first-order valence-electron chi connectivity index (χ1n) is 10.8. The van der Waals surface area contributed by atoms with Gasteiger partial charge < -0.3 is 10.6 Å². The molecule has 8 nitrogen and oxygen atoms in total. The molecule has 4 rings (SSSR count). The molecule has 0 saturated carbocycles. The van der Waals surface area contributed by atoms with Crippen molar-refractivity contribution in [2.24, 2.45) is 5.41 Å². The number of carbonyl (C=O) groups excluding carboxylic acids is 1. The smallest absolute Gasteiger partial charge is 0.280 e. The second-order valence-electron chi connectivity index (χ2n) is 8.98. The van der Waals surface area contributed by atoms with Gasteiger partial charge in [0.15, 0.2) is 5.82 Å². The number of hydrogen-bond acceptors (Lipinski definition) is 6. The molecule has 4 heterocycles. The number of fused-ring (bicyclic) bond motifs is 1. The van der Waals surface area contributed by atoms with E-state index in [-0.39, 0.29) is 28.5 Å². The Bertz CT molecular complexity index is 1310. The number of aromatic nitrogens is 5. The molecule has 4 aromatic rings. The Balaban J connectivity index is 1.66. The number of rotatable bonds is 7. The zero-order valence-electron chi connectivity index (χ0n) is 19.1. The Hall–Kier alpha value is -3.95. The minimum atomic E-state index is -2.70. The van der Waals surface area contributed by atoms with Crippen LogP contribution in [0, 0.1) is 5.41 Å². The van der Waals surface area contributed by atoms with E-state index in [0.717, 1.165) is 6.42 Å². The Morgan fingerprint density at radius 3 is 2.71 bits per heavy atom. The molecule has 176 valence electrons. The van der Waals surface area contributed by atoms with Crippen LogP contribution in [0.4, 0.5) is 20.3 Å². The van der Waals surface area contributed by atoms with Crippen LogP contribution in [-0.4, -0.2) is 37.0 Å². The number of alkyl halides is 2. The first-order chi connectivity index (χ1) is 16.2. The molecule has 10 heteroatoms. The highest BCUT2D eigenvalue weighted by molar-refractivity contribution is 6.00. The van der Waals surface area contributed by atoms with Crippen molar-refractivity contribution in [1.29, 1.82) is 0 Å². The lowest BCUT2D eigenvalue weighted by atomic mass is 9.92. The highest BCUT2D eigenvalue weighted by Gasteiger charge is 2.18. The number of nitrogens with zero attached hydrogens (tertiary/aromatic N) is 5. The molecule has 0 aliphatic carbocycles. The van der Waals surface area contributed by atoms with Crippen molar-refractivity contribution in [3.63, 3.8) is 0 Å². The third-order valence-corrected chi connectivity index (χ3v) is 5.09. The molecule has 1 amide bonds. The lowest BCUT2D eigenvalue weighted by molar-refractivity contribution is 0.0950. The fraction of sp³-hybridized carbons (Fsp3) is 0.292. The van der Waals surface area contributed by atoms with E-state index in [0.29, 0.717) is 29.1 Å². The summed E-state index contributed by atoms with van der Waals surface area (Å²) in [6, 6.07) is 9.58. The standard InChI is InChI=1S/C24H25F2N7O/c1-24(2,3)10-12-28-23(34)15-14-27-11-9-16(15)30-22-19-8-5-13-33(19)32-21(31-22)18-7-4-6-17(29-18)20(25)26/h4-9,11,13-14,20H,10,12H2,1-3H3,(H,28,34)(H,27,30,31,32). The van der Waals surface area contributed by atoms with Crippen LogP contribution in [0.25, 0.3) is 17.0 Å². The van der Waals surface area contributed by atoms with Crippen LogP contribution in [-0.2, 0) is 0 Å². The Labute approximate surface area is 195 Å². The summed E-state index contributed by atoms with van der Waals surface area (Å²) in [6.07, 6.45) is 2.89. The van der Waals surface area contributed by atoms with E-state index >= 15 is 0 Å². The van der Waals surface area contributed by atoms with Gasteiger partial charge in [0.05, 0.1) is 11.3 Å². The van der Waals surface area contributed by atoms with Gasteiger partial charge in [-0.05, 0) is 42.2 Å². The molecule has 0 atom stereocenters. The largest absolute Gasteiger partial charge is 0.352 e. The van der Waals surface area contributed by atoms with Crippen molar-refractivity contribution in [1.82, 2.24) is 29.9 Å². The van der Waals surface area contributed by atoms with E-state index in [9.17, 15) is 13.6 Å². The maximum absolute atomic E-state index is 13.1. The number of amides is 1. The van der Waals surface area contributed by atoms with Crippen LogP contribution in [0.5, 0.6) is 0 Å². The molecule has 0 saturated heterocycles. The molecular formula is C24H25F2N7O. The molecule has 4 aromatic heterocycles. The maximum atomic E-state index is 13.1. The summed E-state index contributed by atoms with van der Waals surface area (Å²) >= 11 is 0. The second kappa shape index (κ2) is 9.50. The van der Waals surface area contributed by atoms with Crippen LogP contribution >= 0.6 is 0 Å². The van der Waals surface area contributed by atoms with Gasteiger partial charge >= 0.3 is 0 Å². The van der Waals surface area contributed by atoms with Crippen LogP contribution in [0.15, 0.2) is 55.0 Å². The fourth-order valence-electron chi connectivity index (χ4n) is 3.29. The molecule has 0 unspecified atom stereocenters. The fourth-order valence-corrected chi connectivity index (χ4v) is 3.29. The summed E-state index contributed by atoms with van der Waals surface area (Å²) in [7, 11) is 0. The highest BCUT2D eigenvalue weighted by Crippen LogP contribution is 2.26. The van der Waals surface area contributed by atoms with Crippen LogP contribution in [0.2, 0.25) is 0 Å². The minimum absolute atomic E-state index is 0.0942. The van der Waals surface area contributed by atoms with Gasteiger partial charge in [-0.1, -0.05) is 26.8 Å². The maximum Gasteiger partial charge on any atom is 0.280 e. The van der Waals surface area contributed by atoms with Gasteiger partial charge in [-0.2, -0.15) is 0 Å². The lowest BCUT2D eigenvalue weighted by Crippen LogP contribution is -2.28. The molecule has 0 aliphatic rings. The molecule has 0 spiro atoms. The number of hydrogen-bond donors (Lipinski definition) is 2. The van der Waals surface area contributed by atoms with Gasteiger partial charge in [0, 0.05) is 25.1 Å². The predicted octanol–water partition coefficient (Wildman–Crippen LogP) is 5.03. The summed E-state index contributed by atoms with van der Waals surface area (Å²) in [4.78, 5) is 25.4. The summed E-state index contributed by atoms with van der Waals surface area (Å²) in [5.41, 5.74) is 1.46. The van der Waals surface area contributed by atoms with E-state index in [1.54, 1.807) is 41.2 Å². The summed E-state index contributed by atoms with van der Waals surface area (Å²) in [5.74, 6) is 0.306. The minimum Gasteiger partial charge on any atom is -0.352 e. The van der Waals surface area contributed by atoms with E-state index in [2.05, 4.69) is 51.5 Å². The molecule has 34 heavy (non-hydrogen) atoms. The zero-order valence-corrected chi connectivity index (χ0v) is 19.1. The van der Waals surface area contributed by atoms with Gasteiger partial charge in [-0.25, -0.2) is 23.3 Å². The van der Waals surface area contributed by atoms with E-state index < -0.39 is 6.43 Å². The van der Waals surface area contributed by atoms with Crippen LogP contribution in [0.1, 0.15) is 49.7 Å². The van der Waals surface area contributed by atoms with Gasteiger partial charge in [-0.15, -0.1) is 5.10 Å². The quantitative estimate of drug-likeness (QED) is 0.397. The zero-order chi connectivity index (χ0) is 24.3. The van der Waals surface area contributed by atoms with Gasteiger partial charge in [0.25, 0.3) is 12.3 Å². The van der Waals surface area contributed by atoms with Crippen molar-refractivity contribution in [3.05, 3.63) is 66.2 Å². The average molecular weight is 466 g/mol. The highest BCUT2D eigenvalue weighted by atomic mass is 19.3. The molecule has 2 N–H and O–H groups in total. The summed E-state index contributed by atoms with van der Waals surface area (Å²) < 4.78 is 27.9. The van der Waals surface area contributed by atoms with Crippen molar-refractivity contribution < 1.29 is 13.6 Å². The first-order valence-corrected chi connectivity index (χ1v) is 10.8. The van der Waals surface area contributed by atoms with E-state index in [1.165, 1.54) is 18.3 Å². The van der Waals surface area contributed by atoms with Crippen molar-refractivity contribution in [2.45, 2.75) is 33.6 Å². The molecule has 0 aromatic carbocycles. The first kappa shape index (κ1) is 23.2. The van der Waals surface area contributed by atoms with Crippen molar-refractivity contribution >= 4 is 22.9 Å². The lowest BCUT2D eigenvalue weighted by Gasteiger charge is -2.18. The summed E-state index contributed by atoms with van der Waals surface area (Å²) in [5, 5.41) is 10.5. The number of halogens is 2. The summed E-state index contributed by atoms with van der Waals surface area (Å²) in [6.45, 7) is 6.86. The molecule has 0 bridgehead atoms. The predicted molar refractivity (Wildman–Crippen MR) is 125 cm³/mol. The number of pyridine rings is 2. The van der Waals surface area contributed by atoms with Gasteiger partial charge in [0.2, 0.25) is 5.82 Å². The van der Waals surface area contributed by atoms with Gasteiger partial charge in [-0.3, -0.25) is 9.78 Å². The number of anilines is 2. The topological polar surface area (TPSA) is 97.1 Å². The van der Waals surface area contributed by atoms with E-state index in [1.807, 2.05) is 0 Å². The van der Waals surface area contributed by atoms with Gasteiger partial charge in [0.1, 0.15) is 16.9 Å². The van der Waals surface area contributed by atoms with Crippen molar-refractivity contribution in [2.75, 3.05) is 11.9 Å². The normalized spacial score (nSPS) is 11.7. The van der Waals surface area contributed by atoms with E-state index in [4.69, 9.17) is 0 Å².